The van der Waals surface area contributed by atoms with Crippen molar-refractivity contribution in [2.75, 3.05) is 14.2 Å². The SMILES string of the molecule is COC(=O)C(NC(=O)OC(C)(C)C)c1nc(-c2nc(-c3nc(C(=O)NC(C(=O)OC)c4nc(-c5nc(-c6nc(C(=O)OCc7ccccc7)co6)co5)co4)co3)co2)co1. The van der Waals surface area contributed by atoms with Crippen molar-refractivity contribution in [3.05, 3.63) is 96.6 Å². The van der Waals surface area contributed by atoms with Gasteiger partial charge in [0.2, 0.25) is 47.4 Å². The second kappa shape index (κ2) is 17.2. The van der Waals surface area contributed by atoms with E-state index in [-0.39, 0.29) is 76.1 Å². The van der Waals surface area contributed by atoms with Gasteiger partial charge in [-0.25, -0.2) is 49.1 Å². The Morgan fingerprint density at radius 1 is 0.590 bits per heavy atom. The summed E-state index contributed by atoms with van der Waals surface area (Å²) in [6.45, 7) is 4.97. The number of nitrogens with one attached hydrogen (secondary N) is 2. The maximum absolute atomic E-state index is 13.3. The van der Waals surface area contributed by atoms with Crippen LogP contribution in [-0.2, 0) is 35.1 Å². The molecule has 0 spiro atoms. The first kappa shape index (κ1) is 40.8. The van der Waals surface area contributed by atoms with Crippen molar-refractivity contribution < 1.29 is 69.4 Å². The number of aromatic nitrogens is 6. The summed E-state index contributed by atoms with van der Waals surface area (Å²) in [5, 5.41) is 4.76. The highest BCUT2D eigenvalue weighted by molar-refractivity contribution is 5.95. The molecule has 0 saturated heterocycles. The molecular weight excluding hydrogens is 808 g/mol. The van der Waals surface area contributed by atoms with Crippen molar-refractivity contribution >= 4 is 29.9 Å². The topological polar surface area (TPSA) is 303 Å². The van der Waals surface area contributed by atoms with E-state index in [9.17, 15) is 24.0 Å². The average Bonchev–Trinajstić information content (AvgIpc) is 4.10. The van der Waals surface area contributed by atoms with Crippen LogP contribution in [-0.4, -0.2) is 79.6 Å². The summed E-state index contributed by atoms with van der Waals surface area (Å²) in [4.78, 5) is 88.5. The van der Waals surface area contributed by atoms with Crippen LogP contribution in [0.25, 0.3) is 46.3 Å². The number of carbonyl (C=O) groups is 5. The van der Waals surface area contributed by atoms with Crippen LogP contribution < -0.4 is 10.6 Å². The number of nitrogens with zero attached hydrogens (tertiary/aromatic N) is 6. The maximum Gasteiger partial charge on any atom is 0.408 e. The fourth-order valence-corrected chi connectivity index (χ4v) is 5.10. The van der Waals surface area contributed by atoms with E-state index in [1.54, 1.807) is 32.9 Å². The second-order valence-corrected chi connectivity index (χ2v) is 13.4. The molecule has 6 aromatic heterocycles. The highest BCUT2D eigenvalue weighted by Gasteiger charge is 2.33. The van der Waals surface area contributed by atoms with E-state index in [0.29, 0.717) is 0 Å². The molecular formula is C38H32N8O15. The molecule has 61 heavy (non-hydrogen) atoms. The van der Waals surface area contributed by atoms with E-state index in [2.05, 4.69) is 40.5 Å². The van der Waals surface area contributed by atoms with E-state index in [1.807, 2.05) is 18.2 Å². The van der Waals surface area contributed by atoms with E-state index in [1.165, 1.54) is 6.26 Å². The summed E-state index contributed by atoms with van der Waals surface area (Å²) in [6.07, 6.45) is 5.78. The number of rotatable bonds is 14. The number of esters is 3. The summed E-state index contributed by atoms with van der Waals surface area (Å²) in [7, 11) is 2.21. The predicted molar refractivity (Wildman–Crippen MR) is 197 cm³/mol. The van der Waals surface area contributed by atoms with Crippen LogP contribution in [0.1, 0.15) is 71.2 Å². The number of hydrogen-bond acceptors (Lipinski definition) is 21. The fourth-order valence-electron chi connectivity index (χ4n) is 5.10. The van der Waals surface area contributed by atoms with Gasteiger partial charge in [-0.05, 0) is 26.3 Å². The van der Waals surface area contributed by atoms with Gasteiger partial charge < -0.3 is 50.8 Å². The lowest BCUT2D eigenvalue weighted by atomic mass is 10.2. The minimum atomic E-state index is -1.57. The molecule has 23 nitrogen and oxygen atoms in total. The predicted octanol–water partition coefficient (Wildman–Crippen LogP) is 5.02. The van der Waals surface area contributed by atoms with Crippen LogP contribution >= 0.6 is 0 Å². The molecule has 2 amide bonds. The normalized spacial score (nSPS) is 12.3. The number of hydrogen-bond donors (Lipinski definition) is 2. The summed E-state index contributed by atoms with van der Waals surface area (Å²) < 4.78 is 52.8. The molecule has 6 heterocycles. The van der Waals surface area contributed by atoms with Crippen LogP contribution in [0.3, 0.4) is 0 Å². The highest BCUT2D eigenvalue weighted by atomic mass is 16.6. The lowest BCUT2D eigenvalue weighted by molar-refractivity contribution is -0.144. The third kappa shape index (κ3) is 9.51. The van der Waals surface area contributed by atoms with Gasteiger partial charge in [-0.3, -0.25) is 10.1 Å². The lowest BCUT2D eigenvalue weighted by Gasteiger charge is -2.21. The van der Waals surface area contributed by atoms with Gasteiger partial charge in [0, 0.05) is 0 Å². The zero-order valence-electron chi connectivity index (χ0n) is 32.5. The van der Waals surface area contributed by atoms with E-state index in [4.69, 9.17) is 45.5 Å². The first-order chi connectivity index (χ1) is 29.3. The summed E-state index contributed by atoms with van der Waals surface area (Å²) in [5.74, 6) is -4.42. The smallest absolute Gasteiger partial charge is 0.408 e. The van der Waals surface area contributed by atoms with Crippen molar-refractivity contribution in [3.8, 4) is 46.3 Å². The Labute approximate surface area is 341 Å². The van der Waals surface area contributed by atoms with Crippen LogP contribution in [0.5, 0.6) is 0 Å². The second-order valence-electron chi connectivity index (χ2n) is 13.4. The summed E-state index contributed by atoms with van der Waals surface area (Å²) >= 11 is 0. The van der Waals surface area contributed by atoms with Gasteiger partial charge in [0.25, 0.3) is 5.91 Å². The molecule has 0 saturated carbocycles. The molecule has 7 aromatic rings. The van der Waals surface area contributed by atoms with Crippen molar-refractivity contribution in [2.45, 2.75) is 45.1 Å². The standard InChI is InChI=1S/C38H32N8O15/c1-38(2,3)61-37(51)46-26(36(50)53-5)33-43-23(16-59-33)30-40-20(13-55-30)28-39-19(12-54-28)27(47)45-25(35(49)52-4)32-42-22(15-58-32)29-41-21(14-56-29)31-44-24(17-57-31)34(48)60-11-18-9-7-6-8-10-18/h6-10,12-17,25-26H,11H2,1-5H3,(H,45,47)(H,46,51). The third-order valence-corrected chi connectivity index (χ3v) is 7.90. The molecule has 0 fully saturated rings. The maximum atomic E-state index is 13.3. The number of oxazole rings is 6. The Hall–Kier alpha value is -8.37. The Bertz CT molecular complexity index is 2680. The molecule has 0 aliphatic carbocycles. The summed E-state index contributed by atoms with van der Waals surface area (Å²) in [6, 6.07) is 6.05. The van der Waals surface area contributed by atoms with Gasteiger partial charge in [0.15, 0.2) is 34.2 Å². The molecule has 0 aliphatic rings. The van der Waals surface area contributed by atoms with Crippen LogP contribution in [0.4, 0.5) is 4.79 Å². The molecule has 2 unspecified atom stereocenters. The monoisotopic (exact) mass is 840 g/mol. The first-order valence-corrected chi connectivity index (χ1v) is 17.7. The molecule has 7 rings (SSSR count). The van der Waals surface area contributed by atoms with Crippen molar-refractivity contribution in [3.63, 3.8) is 0 Å². The lowest BCUT2D eigenvalue weighted by Crippen LogP contribution is -2.38. The minimum Gasteiger partial charge on any atom is -0.467 e. The Morgan fingerprint density at radius 3 is 1.59 bits per heavy atom. The Kier molecular flexibility index (Phi) is 11.5. The van der Waals surface area contributed by atoms with E-state index >= 15 is 0 Å². The molecule has 0 bridgehead atoms. The molecule has 0 radical (unpaired) electrons. The number of ether oxygens (including phenoxy) is 4. The largest absolute Gasteiger partial charge is 0.467 e. The van der Waals surface area contributed by atoms with Crippen LogP contribution in [0, 0.1) is 0 Å². The van der Waals surface area contributed by atoms with E-state index < -0.39 is 47.6 Å². The van der Waals surface area contributed by atoms with Gasteiger partial charge >= 0.3 is 24.0 Å². The zero-order valence-corrected chi connectivity index (χ0v) is 32.5. The number of alkyl carbamates (subject to hydrolysis) is 1. The zero-order chi connectivity index (χ0) is 43.3. The van der Waals surface area contributed by atoms with Gasteiger partial charge in [-0.2, -0.15) is 0 Å². The molecule has 23 heteroatoms. The number of benzene rings is 1. The average molecular weight is 841 g/mol. The molecule has 0 aliphatic heterocycles. The van der Waals surface area contributed by atoms with Crippen molar-refractivity contribution in [2.24, 2.45) is 0 Å². The van der Waals surface area contributed by atoms with Gasteiger partial charge in [-0.1, -0.05) is 30.3 Å². The number of carbonyl (C=O) groups excluding carboxylic acids is 5. The van der Waals surface area contributed by atoms with Gasteiger partial charge in [0.1, 0.15) is 49.8 Å². The minimum absolute atomic E-state index is 0.0152. The Balaban J connectivity index is 0.996. The third-order valence-electron chi connectivity index (χ3n) is 7.90. The molecule has 2 atom stereocenters. The molecule has 1 aromatic carbocycles. The van der Waals surface area contributed by atoms with Crippen molar-refractivity contribution in [1.29, 1.82) is 0 Å². The molecule has 314 valence electrons. The van der Waals surface area contributed by atoms with Gasteiger partial charge in [0.05, 0.1) is 14.2 Å². The number of amides is 2. The first-order valence-electron chi connectivity index (χ1n) is 17.7. The van der Waals surface area contributed by atoms with E-state index in [0.717, 1.165) is 51.1 Å². The number of methoxy groups -OCH3 is 2. The van der Waals surface area contributed by atoms with Crippen LogP contribution in [0.15, 0.2) is 94.4 Å². The van der Waals surface area contributed by atoms with Crippen LogP contribution in [0.2, 0.25) is 0 Å². The highest BCUT2D eigenvalue weighted by Crippen LogP contribution is 2.28. The summed E-state index contributed by atoms with van der Waals surface area (Å²) in [5.41, 5.74) is -0.286. The van der Waals surface area contributed by atoms with Gasteiger partial charge in [-0.15, -0.1) is 0 Å². The quantitative estimate of drug-likeness (QED) is 0.107. The van der Waals surface area contributed by atoms with Crippen molar-refractivity contribution in [1.82, 2.24) is 40.5 Å². The Morgan fingerprint density at radius 2 is 1.05 bits per heavy atom. The molecule has 2 N–H and O–H groups in total. The fraction of sp³-hybridized carbons (Fsp3) is 0.237.